The maximum absolute atomic E-state index is 12.3. The van der Waals surface area contributed by atoms with Crippen LogP contribution in [0.15, 0.2) is 18.2 Å². The minimum absolute atomic E-state index is 0.0526. The van der Waals surface area contributed by atoms with Crippen LogP contribution in [0.5, 0.6) is 17.2 Å². The van der Waals surface area contributed by atoms with Crippen molar-refractivity contribution in [2.75, 3.05) is 46.8 Å². The lowest BCUT2D eigenvalue weighted by Crippen LogP contribution is -2.45. The van der Waals surface area contributed by atoms with Crippen LogP contribution in [0.4, 0.5) is 0 Å². The first-order chi connectivity index (χ1) is 11.6. The number of amides is 1. The van der Waals surface area contributed by atoms with Gasteiger partial charge in [-0.05, 0) is 25.0 Å². The number of hydrogen-bond acceptors (Lipinski definition) is 6. The molecule has 7 nitrogen and oxygen atoms in total. The lowest BCUT2D eigenvalue weighted by molar-refractivity contribution is -0.135. The first kappa shape index (κ1) is 16.9. The molecule has 132 valence electrons. The Hall–Kier alpha value is -1.99. The number of likely N-dealkylation sites (N-methyl/N-ethyl adjacent to an activating group) is 1. The third-order valence-corrected chi connectivity index (χ3v) is 4.59. The fraction of sp³-hybridized carbons (Fsp3) is 0.588. The molecule has 1 amide bonds. The summed E-state index contributed by atoms with van der Waals surface area (Å²) in [5.41, 5.74) is -0.276. The number of ether oxygens (including phenoxy) is 4. The third kappa shape index (κ3) is 3.73. The van der Waals surface area contributed by atoms with E-state index >= 15 is 0 Å². The van der Waals surface area contributed by atoms with Gasteiger partial charge in [-0.25, -0.2) is 0 Å². The van der Waals surface area contributed by atoms with Crippen LogP contribution in [0, 0.1) is 5.41 Å². The van der Waals surface area contributed by atoms with Crippen LogP contribution in [-0.4, -0.2) is 62.7 Å². The number of fused-ring (bicyclic) bond motifs is 1. The number of hydrogen-bond donors (Lipinski definition) is 1. The molecular weight excluding hydrogens is 314 g/mol. The fourth-order valence-electron chi connectivity index (χ4n) is 2.98. The van der Waals surface area contributed by atoms with E-state index in [1.807, 2.05) is 0 Å². The van der Waals surface area contributed by atoms with Crippen molar-refractivity contribution in [2.45, 2.75) is 12.8 Å². The Bertz CT molecular complexity index is 584. The Kier molecular flexibility index (Phi) is 5.11. The highest BCUT2D eigenvalue weighted by Crippen LogP contribution is 2.35. The van der Waals surface area contributed by atoms with E-state index < -0.39 is 0 Å². The summed E-state index contributed by atoms with van der Waals surface area (Å²) in [7, 11) is 1.73. The second-order valence-corrected chi connectivity index (χ2v) is 6.32. The Labute approximate surface area is 141 Å². The van der Waals surface area contributed by atoms with Crippen molar-refractivity contribution in [1.82, 2.24) is 4.90 Å². The molecule has 24 heavy (non-hydrogen) atoms. The number of nitrogens with zero attached hydrogens (tertiary/aromatic N) is 1. The van der Waals surface area contributed by atoms with Crippen molar-refractivity contribution >= 4 is 5.91 Å². The monoisotopic (exact) mass is 337 g/mol. The van der Waals surface area contributed by atoms with Crippen LogP contribution in [0.1, 0.15) is 12.8 Å². The van der Waals surface area contributed by atoms with Crippen molar-refractivity contribution in [3.8, 4) is 17.2 Å². The summed E-state index contributed by atoms with van der Waals surface area (Å²) in [5.74, 6) is 1.72. The molecule has 1 N–H and O–H groups in total. The molecule has 7 heteroatoms. The summed E-state index contributed by atoms with van der Waals surface area (Å²) >= 11 is 0. The van der Waals surface area contributed by atoms with Gasteiger partial charge in [0.1, 0.15) is 5.75 Å². The molecular formula is C17H23NO6. The topological polar surface area (TPSA) is 77.5 Å². The van der Waals surface area contributed by atoms with Crippen molar-refractivity contribution in [3.63, 3.8) is 0 Å². The van der Waals surface area contributed by atoms with Gasteiger partial charge in [-0.15, -0.1) is 0 Å². The van der Waals surface area contributed by atoms with E-state index in [-0.39, 0.29) is 31.3 Å². The van der Waals surface area contributed by atoms with Gasteiger partial charge in [0.15, 0.2) is 18.1 Å². The molecule has 0 bridgehead atoms. The summed E-state index contributed by atoms with van der Waals surface area (Å²) in [6, 6.07) is 5.21. The number of aliphatic hydroxyl groups is 1. The molecule has 0 radical (unpaired) electrons. The summed E-state index contributed by atoms with van der Waals surface area (Å²) in [6.07, 6.45) is 1.51. The predicted molar refractivity (Wildman–Crippen MR) is 85.3 cm³/mol. The van der Waals surface area contributed by atoms with Crippen molar-refractivity contribution in [1.29, 1.82) is 0 Å². The summed E-state index contributed by atoms with van der Waals surface area (Å²) in [6.45, 7) is 1.93. The molecule has 1 aromatic carbocycles. The minimum Gasteiger partial charge on any atom is -0.484 e. The Morgan fingerprint density at radius 3 is 2.79 bits per heavy atom. The van der Waals surface area contributed by atoms with Gasteiger partial charge in [-0.2, -0.15) is 0 Å². The van der Waals surface area contributed by atoms with Gasteiger partial charge in [0.05, 0.1) is 6.61 Å². The predicted octanol–water partition coefficient (Wildman–Crippen LogP) is 1.04. The largest absolute Gasteiger partial charge is 0.484 e. The summed E-state index contributed by atoms with van der Waals surface area (Å²) < 4.78 is 21.4. The first-order valence-electron chi connectivity index (χ1n) is 8.07. The van der Waals surface area contributed by atoms with E-state index in [0.717, 1.165) is 12.8 Å². The second kappa shape index (κ2) is 7.27. The van der Waals surface area contributed by atoms with Gasteiger partial charge in [-0.3, -0.25) is 4.79 Å². The highest BCUT2D eigenvalue weighted by molar-refractivity contribution is 5.77. The first-order valence-corrected chi connectivity index (χ1v) is 8.07. The van der Waals surface area contributed by atoms with Crippen molar-refractivity contribution in [2.24, 2.45) is 5.41 Å². The van der Waals surface area contributed by atoms with E-state index in [0.29, 0.717) is 37.0 Å². The van der Waals surface area contributed by atoms with Crippen LogP contribution in [0.2, 0.25) is 0 Å². The number of carbonyl (C=O) groups is 1. The molecule has 0 atom stereocenters. The molecule has 0 aromatic heterocycles. The Morgan fingerprint density at radius 1 is 1.29 bits per heavy atom. The smallest absolute Gasteiger partial charge is 0.260 e. The number of aliphatic hydroxyl groups excluding tert-OH is 1. The lowest BCUT2D eigenvalue weighted by Gasteiger charge is -2.38. The van der Waals surface area contributed by atoms with Gasteiger partial charge in [-0.1, -0.05) is 0 Å². The summed E-state index contributed by atoms with van der Waals surface area (Å²) in [4.78, 5) is 13.9. The maximum atomic E-state index is 12.3. The van der Waals surface area contributed by atoms with Crippen LogP contribution in [-0.2, 0) is 9.53 Å². The third-order valence-electron chi connectivity index (χ3n) is 4.59. The normalized spacial score (nSPS) is 18.2. The van der Waals surface area contributed by atoms with E-state index in [4.69, 9.17) is 18.9 Å². The molecule has 3 rings (SSSR count). The van der Waals surface area contributed by atoms with Crippen LogP contribution in [0.25, 0.3) is 0 Å². The number of benzene rings is 1. The minimum atomic E-state index is -0.276. The van der Waals surface area contributed by atoms with Crippen LogP contribution in [0.3, 0.4) is 0 Å². The van der Waals surface area contributed by atoms with Crippen molar-refractivity contribution < 1.29 is 28.8 Å². The van der Waals surface area contributed by atoms with Gasteiger partial charge in [0, 0.05) is 38.3 Å². The molecule has 2 aliphatic heterocycles. The highest BCUT2D eigenvalue weighted by Gasteiger charge is 2.34. The molecule has 0 aliphatic carbocycles. The lowest BCUT2D eigenvalue weighted by atomic mass is 9.80. The van der Waals surface area contributed by atoms with Gasteiger partial charge < -0.3 is 29.0 Å². The Balaban J connectivity index is 1.52. The average molecular weight is 337 g/mol. The zero-order valence-electron chi connectivity index (χ0n) is 13.8. The van der Waals surface area contributed by atoms with Gasteiger partial charge >= 0.3 is 0 Å². The molecule has 1 fully saturated rings. The number of rotatable bonds is 6. The molecule has 2 aliphatic rings. The van der Waals surface area contributed by atoms with Gasteiger partial charge in [0.2, 0.25) is 6.79 Å². The fourth-order valence-corrected chi connectivity index (χ4v) is 2.98. The zero-order valence-corrected chi connectivity index (χ0v) is 13.8. The zero-order chi connectivity index (χ0) is 17.0. The van der Waals surface area contributed by atoms with E-state index in [9.17, 15) is 9.90 Å². The van der Waals surface area contributed by atoms with E-state index in [1.165, 1.54) is 0 Å². The van der Waals surface area contributed by atoms with E-state index in [2.05, 4.69) is 0 Å². The standard InChI is InChI=1S/C17H23NO6/c1-18(10-17(11-19)4-6-21-7-5-17)16(20)9-22-13-2-3-14-15(8-13)24-12-23-14/h2-3,8,19H,4-7,9-12H2,1H3. The maximum Gasteiger partial charge on any atom is 0.260 e. The SMILES string of the molecule is CN(CC1(CO)CCOCC1)C(=O)COc1ccc2c(c1)OCO2. The van der Waals surface area contributed by atoms with Crippen molar-refractivity contribution in [3.05, 3.63) is 18.2 Å². The molecule has 0 spiro atoms. The number of carbonyl (C=O) groups excluding carboxylic acids is 1. The average Bonchev–Trinajstić information content (AvgIpc) is 3.08. The molecule has 0 unspecified atom stereocenters. The highest BCUT2D eigenvalue weighted by atomic mass is 16.7. The molecule has 1 aromatic rings. The van der Waals surface area contributed by atoms with Crippen LogP contribution < -0.4 is 14.2 Å². The Morgan fingerprint density at radius 2 is 2.04 bits per heavy atom. The molecule has 1 saturated heterocycles. The quantitative estimate of drug-likeness (QED) is 0.836. The van der Waals surface area contributed by atoms with Gasteiger partial charge in [0.25, 0.3) is 5.91 Å². The second-order valence-electron chi connectivity index (χ2n) is 6.32. The molecule has 2 heterocycles. The molecule has 0 saturated carbocycles. The van der Waals surface area contributed by atoms with E-state index in [1.54, 1.807) is 30.1 Å². The summed E-state index contributed by atoms with van der Waals surface area (Å²) in [5, 5.41) is 9.72. The van der Waals surface area contributed by atoms with Crippen LogP contribution >= 0.6 is 0 Å².